The van der Waals surface area contributed by atoms with Crippen LogP contribution in [-0.2, 0) is 16.0 Å². The van der Waals surface area contributed by atoms with E-state index in [0.717, 1.165) is 47.7 Å². The van der Waals surface area contributed by atoms with E-state index in [1.54, 1.807) is 7.11 Å². The highest BCUT2D eigenvalue weighted by Gasteiger charge is 2.20. The minimum absolute atomic E-state index is 0. The monoisotopic (exact) mass is 454 g/mol. The molecule has 1 aliphatic rings. The van der Waals surface area contributed by atoms with Crippen LogP contribution in [0.3, 0.4) is 0 Å². The van der Waals surface area contributed by atoms with Crippen LogP contribution in [0.25, 0.3) is 28.2 Å². The third-order valence-electron chi connectivity index (χ3n) is 5.39. The number of nitrogens with one attached hydrogen (secondary N) is 1. The zero-order valence-electron chi connectivity index (χ0n) is 19.3. The molecule has 1 aliphatic heterocycles. The minimum Gasteiger partial charge on any atom is -0.385 e. The molecule has 10 heteroatoms. The van der Waals surface area contributed by atoms with Gasteiger partial charge in [-0.1, -0.05) is 12.1 Å². The van der Waals surface area contributed by atoms with Crippen molar-refractivity contribution in [3.63, 3.8) is 0 Å². The van der Waals surface area contributed by atoms with E-state index in [4.69, 9.17) is 25.4 Å². The molecule has 0 unspecified atom stereocenters. The van der Waals surface area contributed by atoms with Gasteiger partial charge in [-0.25, -0.2) is 4.98 Å². The van der Waals surface area contributed by atoms with Gasteiger partial charge in [0.25, 0.3) is 0 Å². The number of anilines is 1. The standard InChI is InChI=1S/C20H22N8O.C3H8O.2H2/c1-13-23-14(11-21)12-28(13)20-25-18(16-3-2-4-17-15(16)5-6-22-17)24-19(26-20)27-7-9-29-10-8-27;1-3-4-2;;/h2-6,12,22H,7-11,21H2,1H3;3H2,1-2H3;2*1H. The first-order valence-electron chi connectivity index (χ1n) is 11.0. The molecule has 0 atom stereocenters. The first-order valence-corrected chi connectivity index (χ1v) is 11.0. The first kappa shape index (κ1) is 22.8. The Labute approximate surface area is 195 Å². The lowest BCUT2D eigenvalue weighted by Gasteiger charge is -2.27. The molecule has 0 amide bonds. The number of fused-ring (bicyclic) bond motifs is 1. The summed E-state index contributed by atoms with van der Waals surface area (Å²) in [6.45, 7) is 7.87. The number of hydrogen-bond donors (Lipinski definition) is 2. The van der Waals surface area contributed by atoms with E-state index >= 15 is 0 Å². The van der Waals surface area contributed by atoms with Crippen LogP contribution in [0.4, 0.5) is 5.95 Å². The van der Waals surface area contributed by atoms with Crippen LogP contribution in [0, 0.1) is 6.92 Å². The van der Waals surface area contributed by atoms with Crippen molar-refractivity contribution in [2.24, 2.45) is 5.73 Å². The van der Waals surface area contributed by atoms with E-state index in [0.29, 0.717) is 37.5 Å². The summed E-state index contributed by atoms with van der Waals surface area (Å²) >= 11 is 0. The summed E-state index contributed by atoms with van der Waals surface area (Å²) in [6.07, 6.45) is 3.81. The molecule has 0 radical (unpaired) electrons. The maximum Gasteiger partial charge on any atom is 0.240 e. The molecule has 4 heterocycles. The molecular formula is C23H34N8O2. The second-order valence-corrected chi connectivity index (χ2v) is 7.53. The van der Waals surface area contributed by atoms with Crippen molar-refractivity contribution >= 4 is 16.9 Å². The average molecular weight is 455 g/mol. The minimum atomic E-state index is 0. The van der Waals surface area contributed by atoms with Gasteiger partial charge in [-0.05, 0) is 26.0 Å². The predicted molar refractivity (Wildman–Crippen MR) is 132 cm³/mol. The lowest BCUT2D eigenvalue weighted by atomic mass is 10.1. The molecule has 4 aromatic rings. The summed E-state index contributed by atoms with van der Waals surface area (Å²) in [5.41, 5.74) is 8.57. The highest BCUT2D eigenvalue weighted by Crippen LogP contribution is 2.27. The van der Waals surface area contributed by atoms with Crippen molar-refractivity contribution in [3.05, 3.63) is 48.2 Å². The zero-order chi connectivity index (χ0) is 23.2. The molecule has 10 nitrogen and oxygen atoms in total. The number of nitrogens with two attached hydrogens (primary N) is 1. The SMILES string of the molecule is CCOC.Cc1nc(CN)cn1-c1nc(-c2cccc3[nH]ccc23)nc(N2CCOCC2)n1.[HH].[HH]. The smallest absolute Gasteiger partial charge is 0.240 e. The van der Waals surface area contributed by atoms with Gasteiger partial charge in [0, 0.05) is 65.1 Å². The van der Waals surface area contributed by atoms with E-state index < -0.39 is 0 Å². The van der Waals surface area contributed by atoms with E-state index in [1.165, 1.54) is 0 Å². The van der Waals surface area contributed by atoms with Crippen LogP contribution < -0.4 is 10.6 Å². The number of benzene rings is 1. The Bertz CT molecular complexity index is 1210. The summed E-state index contributed by atoms with van der Waals surface area (Å²) in [7, 11) is 1.68. The van der Waals surface area contributed by atoms with Gasteiger partial charge in [-0.2, -0.15) is 15.0 Å². The van der Waals surface area contributed by atoms with Crippen LogP contribution in [0.5, 0.6) is 0 Å². The number of hydrogen-bond acceptors (Lipinski definition) is 8. The molecule has 3 N–H and O–H groups in total. The number of nitrogens with zero attached hydrogens (tertiary/aromatic N) is 6. The summed E-state index contributed by atoms with van der Waals surface area (Å²) < 4.78 is 11.9. The third-order valence-corrected chi connectivity index (χ3v) is 5.39. The van der Waals surface area contributed by atoms with Crippen LogP contribution in [-0.4, -0.2) is 69.5 Å². The number of ether oxygens (including phenoxy) is 2. The van der Waals surface area contributed by atoms with Gasteiger partial charge >= 0.3 is 0 Å². The highest BCUT2D eigenvalue weighted by atomic mass is 16.5. The lowest BCUT2D eigenvalue weighted by molar-refractivity contribution is 0.122. The van der Waals surface area contributed by atoms with Crippen molar-refractivity contribution in [3.8, 4) is 17.3 Å². The molecule has 1 fully saturated rings. The Morgan fingerprint density at radius 3 is 2.58 bits per heavy atom. The number of aromatic amines is 1. The number of aromatic nitrogens is 6. The molecular weight excluding hydrogens is 420 g/mol. The van der Waals surface area contributed by atoms with Gasteiger partial charge < -0.3 is 25.1 Å². The Hall–Kier alpha value is -3.34. The number of H-pyrrole nitrogens is 1. The largest absolute Gasteiger partial charge is 0.385 e. The number of imidazole rings is 1. The quantitative estimate of drug-likeness (QED) is 0.472. The number of morpholine rings is 1. The molecule has 5 rings (SSSR count). The van der Waals surface area contributed by atoms with Crippen LogP contribution >= 0.6 is 0 Å². The topological polar surface area (TPSA) is 120 Å². The Morgan fingerprint density at radius 2 is 1.88 bits per heavy atom. The van der Waals surface area contributed by atoms with Gasteiger partial charge in [0.2, 0.25) is 11.9 Å². The molecule has 33 heavy (non-hydrogen) atoms. The first-order chi connectivity index (χ1) is 16.1. The third kappa shape index (κ3) is 5.03. The Kier molecular flexibility index (Phi) is 7.28. The van der Waals surface area contributed by atoms with Gasteiger partial charge in [0.05, 0.1) is 18.9 Å². The Balaban J connectivity index is 0.000000672. The van der Waals surface area contributed by atoms with E-state index in [-0.39, 0.29) is 2.85 Å². The summed E-state index contributed by atoms with van der Waals surface area (Å²) in [5, 5.41) is 1.07. The predicted octanol–water partition coefficient (Wildman–Crippen LogP) is 2.95. The van der Waals surface area contributed by atoms with Crippen molar-refractivity contribution in [1.82, 2.24) is 29.5 Å². The van der Waals surface area contributed by atoms with Gasteiger partial charge in [-0.15, -0.1) is 0 Å². The normalized spacial score (nSPS) is 13.8. The zero-order valence-corrected chi connectivity index (χ0v) is 19.3. The summed E-state index contributed by atoms with van der Waals surface area (Å²) in [5.74, 6) is 2.59. The lowest BCUT2D eigenvalue weighted by Crippen LogP contribution is -2.37. The molecule has 178 valence electrons. The molecule has 0 spiro atoms. The molecule has 0 aliphatic carbocycles. The van der Waals surface area contributed by atoms with Crippen LogP contribution in [0.2, 0.25) is 0 Å². The van der Waals surface area contributed by atoms with Gasteiger partial charge in [-0.3, -0.25) is 4.57 Å². The average Bonchev–Trinajstić information content (AvgIpc) is 3.50. The molecule has 0 bridgehead atoms. The van der Waals surface area contributed by atoms with Crippen molar-refractivity contribution < 1.29 is 12.3 Å². The molecule has 3 aromatic heterocycles. The molecule has 1 aromatic carbocycles. The summed E-state index contributed by atoms with van der Waals surface area (Å²) in [6, 6.07) is 8.11. The number of aryl methyl sites for hydroxylation is 1. The number of rotatable bonds is 5. The van der Waals surface area contributed by atoms with Crippen molar-refractivity contribution in [1.29, 1.82) is 0 Å². The van der Waals surface area contributed by atoms with Crippen molar-refractivity contribution in [2.45, 2.75) is 20.4 Å². The van der Waals surface area contributed by atoms with Crippen LogP contribution in [0.1, 0.15) is 21.3 Å². The maximum atomic E-state index is 5.77. The van der Waals surface area contributed by atoms with E-state index in [1.807, 2.05) is 55.1 Å². The van der Waals surface area contributed by atoms with Gasteiger partial charge in [0.1, 0.15) is 5.82 Å². The van der Waals surface area contributed by atoms with Gasteiger partial charge in [0.15, 0.2) is 5.82 Å². The highest BCUT2D eigenvalue weighted by molar-refractivity contribution is 5.93. The number of methoxy groups -OCH3 is 1. The molecule has 1 saturated heterocycles. The second-order valence-electron chi connectivity index (χ2n) is 7.53. The summed E-state index contributed by atoms with van der Waals surface area (Å²) in [4.78, 5) is 24.2. The molecule has 0 saturated carbocycles. The maximum absolute atomic E-state index is 5.77. The fourth-order valence-electron chi connectivity index (χ4n) is 3.60. The Morgan fingerprint density at radius 1 is 1.12 bits per heavy atom. The van der Waals surface area contributed by atoms with E-state index in [2.05, 4.69) is 19.6 Å². The fraction of sp³-hybridized carbons (Fsp3) is 0.391. The fourth-order valence-corrected chi connectivity index (χ4v) is 3.60. The van der Waals surface area contributed by atoms with E-state index in [9.17, 15) is 0 Å². The van der Waals surface area contributed by atoms with Crippen LogP contribution in [0.15, 0.2) is 36.7 Å². The second kappa shape index (κ2) is 10.5. The van der Waals surface area contributed by atoms with Crippen molar-refractivity contribution in [2.75, 3.05) is 44.9 Å².